The van der Waals surface area contributed by atoms with Gasteiger partial charge in [0, 0.05) is 31.9 Å². The number of halogens is 1. The van der Waals surface area contributed by atoms with E-state index in [1.54, 1.807) is 6.07 Å². The molecular weight excluding hydrogens is 241 g/mol. The fourth-order valence-electron chi connectivity index (χ4n) is 1.99. The van der Waals surface area contributed by atoms with Crippen LogP contribution in [0.2, 0.25) is 0 Å². The molecule has 0 amide bonds. The lowest BCUT2D eigenvalue weighted by molar-refractivity contribution is 0.416. The Balaban J connectivity index is 2.85. The quantitative estimate of drug-likeness (QED) is 0.821. The molecule has 0 radical (unpaired) electrons. The summed E-state index contributed by atoms with van der Waals surface area (Å²) in [5, 5.41) is 0. The monoisotopic (exact) mass is 267 g/mol. The van der Waals surface area contributed by atoms with Crippen LogP contribution < -0.4 is 10.6 Å². The van der Waals surface area contributed by atoms with E-state index < -0.39 is 0 Å². The summed E-state index contributed by atoms with van der Waals surface area (Å²) in [6.07, 6.45) is 1.62. The lowest BCUT2D eigenvalue weighted by Crippen LogP contribution is -2.30. The molecule has 1 atom stereocenters. The molecule has 2 N–H and O–H groups in total. The van der Waals surface area contributed by atoms with Crippen LogP contribution in [0.4, 0.5) is 10.1 Å². The van der Waals surface area contributed by atoms with E-state index in [2.05, 4.69) is 16.7 Å². The van der Waals surface area contributed by atoms with Crippen LogP contribution >= 0.6 is 0 Å². The van der Waals surface area contributed by atoms with Gasteiger partial charge in [0.15, 0.2) is 0 Å². The molecule has 19 heavy (non-hydrogen) atoms. The maximum absolute atomic E-state index is 13.4. The zero-order valence-electron chi connectivity index (χ0n) is 12.5. The summed E-state index contributed by atoms with van der Waals surface area (Å²) in [6, 6.07) is 5.06. The van der Waals surface area contributed by atoms with Gasteiger partial charge in [0.2, 0.25) is 0 Å². The lowest BCUT2D eigenvalue weighted by atomic mass is 10.0. The van der Waals surface area contributed by atoms with Gasteiger partial charge in [-0.05, 0) is 50.7 Å². The highest BCUT2D eigenvalue weighted by Crippen LogP contribution is 2.22. The first kappa shape index (κ1) is 15.9. The molecule has 0 spiro atoms. The number of benzene rings is 1. The molecule has 0 bridgehead atoms. The molecule has 0 aliphatic carbocycles. The molecule has 0 aliphatic heterocycles. The van der Waals surface area contributed by atoms with Crippen molar-refractivity contribution in [3.8, 4) is 0 Å². The van der Waals surface area contributed by atoms with Crippen molar-refractivity contribution in [1.82, 2.24) is 4.90 Å². The van der Waals surface area contributed by atoms with Gasteiger partial charge in [0.25, 0.3) is 0 Å². The molecule has 0 saturated carbocycles. The fraction of sp³-hybridized carbons (Fsp3) is 0.600. The second kappa shape index (κ2) is 7.46. The van der Waals surface area contributed by atoms with Crippen molar-refractivity contribution < 1.29 is 4.39 Å². The minimum absolute atomic E-state index is 0.0859. The molecule has 0 fully saturated rings. The van der Waals surface area contributed by atoms with Crippen LogP contribution in [0.3, 0.4) is 0 Å². The summed E-state index contributed by atoms with van der Waals surface area (Å²) in [4.78, 5) is 4.30. The predicted molar refractivity (Wildman–Crippen MR) is 80.2 cm³/mol. The maximum atomic E-state index is 13.4. The second-order valence-electron chi connectivity index (χ2n) is 5.37. The first-order valence-corrected chi connectivity index (χ1v) is 6.84. The summed E-state index contributed by atoms with van der Waals surface area (Å²) >= 11 is 0. The average Bonchev–Trinajstić information content (AvgIpc) is 2.36. The third-order valence-corrected chi connectivity index (χ3v) is 3.34. The molecule has 0 aliphatic rings. The van der Waals surface area contributed by atoms with Crippen molar-refractivity contribution >= 4 is 5.69 Å². The Morgan fingerprint density at radius 3 is 2.47 bits per heavy atom. The highest BCUT2D eigenvalue weighted by atomic mass is 19.1. The second-order valence-corrected chi connectivity index (χ2v) is 5.37. The van der Waals surface area contributed by atoms with Crippen LogP contribution in [-0.4, -0.2) is 45.2 Å². The molecule has 108 valence electrons. The highest BCUT2D eigenvalue weighted by Gasteiger charge is 2.11. The largest absolute Gasteiger partial charge is 0.373 e. The molecule has 3 nitrogen and oxygen atoms in total. The van der Waals surface area contributed by atoms with E-state index in [0.717, 1.165) is 37.2 Å². The highest BCUT2D eigenvalue weighted by molar-refractivity contribution is 5.53. The first-order chi connectivity index (χ1) is 8.93. The summed E-state index contributed by atoms with van der Waals surface area (Å²) in [5.74, 6) is -0.192. The SMILES string of the molecule is CCC(N)Cc1cc(F)ccc1N(C)CCN(C)C. The van der Waals surface area contributed by atoms with Gasteiger partial charge in [0.05, 0.1) is 0 Å². The van der Waals surface area contributed by atoms with E-state index >= 15 is 0 Å². The summed E-state index contributed by atoms with van der Waals surface area (Å²) in [6.45, 7) is 3.93. The molecule has 1 rings (SSSR count). The Hall–Kier alpha value is -1.13. The molecule has 4 heteroatoms. The summed E-state index contributed by atoms with van der Waals surface area (Å²) in [5.41, 5.74) is 8.07. The Bertz CT molecular complexity index is 393. The Labute approximate surface area is 116 Å². The van der Waals surface area contributed by atoms with Gasteiger partial charge >= 0.3 is 0 Å². The topological polar surface area (TPSA) is 32.5 Å². The van der Waals surface area contributed by atoms with E-state index in [1.165, 1.54) is 6.07 Å². The van der Waals surface area contributed by atoms with Gasteiger partial charge in [-0.1, -0.05) is 6.92 Å². The molecule has 0 heterocycles. The van der Waals surface area contributed by atoms with Crippen molar-refractivity contribution in [2.24, 2.45) is 5.73 Å². The van der Waals surface area contributed by atoms with Gasteiger partial charge in [-0.25, -0.2) is 4.39 Å². The third-order valence-electron chi connectivity index (χ3n) is 3.34. The summed E-state index contributed by atoms with van der Waals surface area (Å²) < 4.78 is 13.4. The number of anilines is 1. The van der Waals surface area contributed by atoms with Crippen LogP contribution in [0.1, 0.15) is 18.9 Å². The third kappa shape index (κ3) is 5.17. The number of hydrogen-bond acceptors (Lipinski definition) is 3. The van der Waals surface area contributed by atoms with Crippen LogP contribution in [0.25, 0.3) is 0 Å². The van der Waals surface area contributed by atoms with E-state index in [4.69, 9.17) is 5.73 Å². The minimum atomic E-state index is -0.192. The number of rotatable bonds is 7. The normalized spacial score (nSPS) is 12.8. The van der Waals surface area contributed by atoms with Gasteiger partial charge in [0.1, 0.15) is 5.82 Å². The van der Waals surface area contributed by atoms with Crippen molar-refractivity contribution in [2.45, 2.75) is 25.8 Å². The van der Waals surface area contributed by atoms with Crippen molar-refractivity contribution in [3.63, 3.8) is 0 Å². The Morgan fingerprint density at radius 2 is 1.89 bits per heavy atom. The Kier molecular flexibility index (Phi) is 6.25. The number of nitrogens with two attached hydrogens (primary N) is 1. The number of likely N-dealkylation sites (N-methyl/N-ethyl adjacent to an activating group) is 2. The first-order valence-electron chi connectivity index (χ1n) is 6.84. The Morgan fingerprint density at radius 1 is 1.21 bits per heavy atom. The maximum Gasteiger partial charge on any atom is 0.123 e. The van der Waals surface area contributed by atoms with Crippen LogP contribution in [0.15, 0.2) is 18.2 Å². The molecule has 1 aromatic carbocycles. The van der Waals surface area contributed by atoms with Gasteiger partial charge in [-0.2, -0.15) is 0 Å². The molecular formula is C15H26FN3. The van der Waals surface area contributed by atoms with E-state index in [9.17, 15) is 4.39 Å². The van der Waals surface area contributed by atoms with Crippen LogP contribution in [0, 0.1) is 5.82 Å². The van der Waals surface area contributed by atoms with Gasteiger partial charge in [-0.3, -0.25) is 0 Å². The lowest BCUT2D eigenvalue weighted by Gasteiger charge is -2.25. The summed E-state index contributed by atoms with van der Waals surface area (Å²) in [7, 11) is 6.14. The standard InChI is InChI=1S/C15H26FN3/c1-5-14(17)11-12-10-13(16)6-7-15(12)19(4)9-8-18(2)3/h6-7,10,14H,5,8-9,11,17H2,1-4H3. The van der Waals surface area contributed by atoms with Crippen molar-refractivity contribution in [3.05, 3.63) is 29.6 Å². The molecule has 1 unspecified atom stereocenters. The predicted octanol–water partition coefficient (Wildman–Crippen LogP) is 2.10. The molecule has 1 aromatic rings. The van der Waals surface area contributed by atoms with Crippen LogP contribution in [0.5, 0.6) is 0 Å². The molecule has 0 aromatic heterocycles. The number of nitrogens with zero attached hydrogens (tertiary/aromatic N) is 2. The van der Waals surface area contributed by atoms with Crippen LogP contribution in [-0.2, 0) is 6.42 Å². The molecule has 0 saturated heterocycles. The minimum Gasteiger partial charge on any atom is -0.373 e. The van der Waals surface area contributed by atoms with Crippen molar-refractivity contribution in [2.75, 3.05) is 39.1 Å². The average molecular weight is 267 g/mol. The van der Waals surface area contributed by atoms with E-state index in [1.807, 2.05) is 27.2 Å². The zero-order valence-corrected chi connectivity index (χ0v) is 12.5. The number of hydrogen-bond donors (Lipinski definition) is 1. The van der Waals surface area contributed by atoms with E-state index in [0.29, 0.717) is 0 Å². The fourth-order valence-corrected chi connectivity index (χ4v) is 1.99. The van der Waals surface area contributed by atoms with Gasteiger partial charge in [-0.15, -0.1) is 0 Å². The van der Waals surface area contributed by atoms with Crippen molar-refractivity contribution in [1.29, 1.82) is 0 Å². The smallest absolute Gasteiger partial charge is 0.123 e. The van der Waals surface area contributed by atoms with Gasteiger partial charge < -0.3 is 15.5 Å². The van der Waals surface area contributed by atoms with E-state index in [-0.39, 0.29) is 11.9 Å². The zero-order chi connectivity index (χ0) is 14.4.